The topological polar surface area (TPSA) is 66.4 Å². The van der Waals surface area contributed by atoms with Gasteiger partial charge in [-0.1, -0.05) is 12.1 Å². The van der Waals surface area contributed by atoms with E-state index >= 15 is 0 Å². The summed E-state index contributed by atoms with van der Waals surface area (Å²) in [6.45, 7) is 0. The molecule has 1 aliphatic rings. The Kier molecular flexibility index (Phi) is 2.76. The maximum atomic E-state index is 12.7. The fraction of sp³-hybridized carbons (Fsp3) is 0.273. The predicted molar refractivity (Wildman–Crippen MR) is 55.4 cm³/mol. The monoisotopic (exact) mass is 259 g/mol. The summed E-state index contributed by atoms with van der Waals surface area (Å²) in [5.74, 6) is -4.97. The fourth-order valence-electron chi connectivity index (χ4n) is 1.92. The quantitative estimate of drug-likeness (QED) is 0.756. The van der Waals surface area contributed by atoms with E-state index in [1.54, 1.807) is 0 Å². The van der Waals surface area contributed by atoms with Crippen molar-refractivity contribution in [2.45, 2.75) is 12.2 Å². The molecule has 2 rings (SSSR count). The molecule has 0 aromatic heterocycles. The second-order valence-corrected chi connectivity index (χ2v) is 3.89. The van der Waals surface area contributed by atoms with Gasteiger partial charge in [0, 0.05) is 11.3 Å². The van der Waals surface area contributed by atoms with Crippen LogP contribution >= 0.6 is 0 Å². The summed E-state index contributed by atoms with van der Waals surface area (Å²) >= 11 is 0. The zero-order valence-electron chi connectivity index (χ0n) is 8.86. The molecule has 96 valence electrons. The van der Waals surface area contributed by atoms with Gasteiger partial charge in [0.05, 0.1) is 0 Å². The molecule has 1 heterocycles. The molecule has 0 spiro atoms. The van der Waals surface area contributed by atoms with Crippen LogP contribution in [-0.4, -0.2) is 29.1 Å². The Balaban J connectivity index is 2.52. The first kappa shape index (κ1) is 12.4. The van der Waals surface area contributed by atoms with Crippen molar-refractivity contribution in [1.82, 2.24) is 0 Å². The molecular formula is C11H8F3NO3. The van der Waals surface area contributed by atoms with Crippen molar-refractivity contribution in [1.29, 1.82) is 0 Å². The number of carboxylic acids is 1. The molecule has 18 heavy (non-hydrogen) atoms. The van der Waals surface area contributed by atoms with Crippen molar-refractivity contribution in [3.05, 3.63) is 29.8 Å². The van der Waals surface area contributed by atoms with Crippen molar-refractivity contribution in [3.8, 4) is 0 Å². The van der Waals surface area contributed by atoms with E-state index in [1.165, 1.54) is 24.3 Å². The summed E-state index contributed by atoms with van der Waals surface area (Å²) in [5.41, 5.74) is -0.0345. The molecule has 2 unspecified atom stereocenters. The molecule has 0 amide bonds. The number of carboxylic acid groups (broad SMARTS) is 1. The number of rotatable bonds is 1. The van der Waals surface area contributed by atoms with Crippen LogP contribution in [0.25, 0.3) is 0 Å². The number of aliphatic carboxylic acids is 1. The average molecular weight is 259 g/mol. The first-order chi connectivity index (χ1) is 8.32. The molecule has 0 saturated carbocycles. The molecule has 7 heteroatoms. The lowest BCUT2D eigenvalue weighted by molar-refractivity contribution is -0.165. The number of benzene rings is 1. The van der Waals surface area contributed by atoms with Crippen molar-refractivity contribution in [3.63, 3.8) is 0 Å². The Morgan fingerprint density at radius 1 is 1.28 bits per heavy atom. The minimum Gasteiger partial charge on any atom is -0.481 e. The second-order valence-electron chi connectivity index (χ2n) is 3.89. The minimum absolute atomic E-state index is 0.00215. The Hall–Kier alpha value is -2.05. The Morgan fingerprint density at radius 2 is 1.89 bits per heavy atom. The van der Waals surface area contributed by atoms with Gasteiger partial charge in [0.15, 0.2) is 5.78 Å². The van der Waals surface area contributed by atoms with E-state index in [0.717, 1.165) is 0 Å². The molecule has 0 bridgehead atoms. The highest BCUT2D eigenvalue weighted by molar-refractivity contribution is 6.13. The van der Waals surface area contributed by atoms with Gasteiger partial charge >= 0.3 is 12.1 Å². The summed E-state index contributed by atoms with van der Waals surface area (Å²) in [6.07, 6.45) is -4.81. The molecule has 1 aliphatic heterocycles. The molecule has 1 aromatic carbocycles. The van der Waals surface area contributed by atoms with Crippen LogP contribution in [0.3, 0.4) is 0 Å². The van der Waals surface area contributed by atoms with Gasteiger partial charge in [-0.2, -0.15) is 13.2 Å². The second kappa shape index (κ2) is 4.01. The largest absolute Gasteiger partial charge is 0.481 e. The number of ketones is 1. The molecule has 2 atom stereocenters. The lowest BCUT2D eigenvalue weighted by Gasteiger charge is -2.32. The molecule has 0 radical (unpaired) electrons. The maximum Gasteiger partial charge on any atom is 0.409 e. The van der Waals surface area contributed by atoms with Crippen LogP contribution in [0.15, 0.2) is 24.3 Å². The third kappa shape index (κ3) is 1.92. The Labute approximate surface area is 99.4 Å². The summed E-state index contributed by atoms with van der Waals surface area (Å²) in [4.78, 5) is 22.7. The van der Waals surface area contributed by atoms with E-state index in [-0.39, 0.29) is 11.3 Å². The molecular weight excluding hydrogens is 251 g/mol. The average Bonchev–Trinajstić information content (AvgIpc) is 2.27. The van der Waals surface area contributed by atoms with E-state index < -0.39 is 29.9 Å². The number of Topliss-reactive ketones (excluding diaryl/α,β-unsaturated/α-hetero) is 1. The van der Waals surface area contributed by atoms with Crippen molar-refractivity contribution in [2.24, 2.45) is 5.92 Å². The van der Waals surface area contributed by atoms with Crippen LogP contribution in [-0.2, 0) is 4.79 Å². The summed E-state index contributed by atoms with van der Waals surface area (Å²) < 4.78 is 38.2. The van der Waals surface area contributed by atoms with Gasteiger partial charge in [0.2, 0.25) is 0 Å². The molecule has 0 saturated heterocycles. The summed E-state index contributed by atoms with van der Waals surface area (Å²) in [6, 6.07) is 3.13. The standard InChI is InChI=1S/C11H8F3NO3/c12-11(13,14)9-7(10(17)18)8(16)5-3-1-2-4-6(5)15-9/h1-4,7,9,15H,(H,17,18). The van der Waals surface area contributed by atoms with Gasteiger partial charge in [0.1, 0.15) is 12.0 Å². The van der Waals surface area contributed by atoms with Gasteiger partial charge in [0.25, 0.3) is 0 Å². The number of nitrogens with one attached hydrogen (secondary N) is 1. The molecule has 2 N–H and O–H groups in total. The van der Waals surface area contributed by atoms with Gasteiger partial charge in [-0.15, -0.1) is 0 Å². The lowest BCUT2D eigenvalue weighted by atomic mass is 9.85. The van der Waals surface area contributed by atoms with Crippen LogP contribution in [0.1, 0.15) is 10.4 Å². The normalized spacial score (nSPS) is 23.2. The number of fused-ring (bicyclic) bond motifs is 1. The first-order valence-electron chi connectivity index (χ1n) is 5.01. The summed E-state index contributed by atoms with van der Waals surface area (Å²) in [7, 11) is 0. The van der Waals surface area contributed by atoms with Crippen LogP contribution < -0.4 is 5.32 Å². The number of anilines is 1. The summed E-state index contributed by atoms with van der Waals surface area (Å²) in [5, 5.41) is 10.9. The molecule has 1 aromatic rings. The van der Waals surface area contributed by atoms with Crippen molar-refractivity contribution >= 4 is 17.4 Å². The van der Waals surface area contributed by atoms with Crippen molar-refractivity contribution < 1.29 is 27.9 Å². The highest BCUT2D eigenvalue weighted by Crippen LogP contribution is 2.36. The molecule has 4 nitrogen and oxygen atoms in total. The Morgan fingerprint density at radius 3 is 2.44 bits per heavy atom. The van der Waals surface area contributed by atoms with Crippen LogP contribution in [0.5, 0.6) is 0 Å². The first-order valence-corrected chi connectivity index (χ1v) is 5.01. The highest BCUT2D eigenvalue weighted by Gasteiger charge is 2.53. The smallest absolute Gasteiger partial charge is 0.409 e. The van der Waals surface area contributed by atoms with Gasteiger partial charge < -0.3 is 10.4 Å². The van der Waals surface area contributed by atoms with E-state index in [0.29, 0.717) is 0 Å². The van der Waals surface area contributed by atoms with E-state index in [1.807, 2.05) is 0 Å². The predicted octanol–water partition coefficient (Wildman–Crippen LogP) is 1.93. The number of hydrogen-bond acceptors (Lipinski definition) is 3. The van der Waals surface area contributed by atoms with Gasteiger partial charge in [-0.05, 0) is 12.1 Å². The molecule has 0 aliphatic carbocycles. The molecule has 0 fully saturated rings. The van der Waals surface area contributed by atoms with Gasteiger partial charge in [-0.3, -0.25) is 9.59 Å². The number of carbonyl (C=O) groups is 2. The lowest BCUT2D eigenvalue weighted by Crippen LogP contribution is -2.52. The third-order valence-electron chi connectivity index (χ3n) is 2.74. The number of hydrogen-bond donors (Lipinski definition) is 2. The fourth-order valence-corrected chi connectivity index (χ4v) is 1.92. The zero-order chi connectivity index (χ0) is 13.5. The highest BCUT2D eigenvalue weighted by atomic mass is 19.4. The van der Waals surface area contributed by atoms with E-state index in [4.69, 9.17) is 5.11 Å². The number of halogens is 3. The van der Waals surface area contributed by atoms with E-state index in [2.05, 4.69) is 5.32 Å². The van der Waals surface area contributed by atoms with Crippen LogP contribution in [0.4, 0.5) is 18.9 Å². The number of alkyl halides is 3. The Bertz CT molecular complexity index is 513. The van der Waals surface area contributed by atoms with Crippen LogP contribution in [0.2, 0.25) is 0 Å². The minimum atomic E-state index is -4.81. The van der Waals surface area contributed by atoms with E-state index in [9.17, 15) is 22.8 Å². The SMILES string of the molecule is O=C(O)C1C(=O)c2ccccc2NC1C(F)(F)F. The van der Waals surface area contributed by atoms with Crippen LogP contribution in [0, 0.1) is 5.92 Å². The third-order valence-corrected chi connectivity index (χ3v) is 2.74. The van der Waals surface area contributed by atoms with Crippen molar-refractivity contribution in [2.75, 3.05) is 5.32 Å². The van der Waals surface area contributed by atoms with Gasteiger partial charge in [-0.25, -0.2) is 0 Å². The maximum absolute atomic E-state index is 12.7. The zero-order valence-corrected chi connectivity index (χ0v) is 8.86. The number of para-hydroxylation sites is 1. The number of carbonyl (C=O) groups excluding carboxylic acids is 1.